The maximum absolute atomic E-state index is 13.3. The van der Waals surface area contributed by atoms with Crippen LogP contribution in [0, 0.1) is 25.2 Å². The van der Waals surface area contributed by atoms with Crippen molar-refractivity contribution >= 4 is 27.5 Å². The number of rotatable bonds is 2. The number of carbonyl (C=O) groups is 1. The van der Waals surface area contributed by atoms with Gasteiger partial charge in [0.1, 0.15) is 10.7 Å². The number of fused-ring (bicyclic) bond motifs is 3. The lowest BCUT2D eigenvalue weighted by molar-refractivity contribution is 0.101. The lowest BCUT2D eigenvalue weighted by Crippen LogP contribution is -2.36. The van der Waals surface area contributed by atoms with Crippen molar-refractivity contribution < 1.29 is 4.79 Å². The molecule has 4 rings (SSSR count). The van der Waals surface area contributed by atoms with E-state index in [2.05, 4.69) is 36.3 Å². The van der Waals surface area contributed by atoms with Gasteiger partial charge in [0.05, 0.1) is 16.6 Å². The largest absolute Gasteiger partial charge is 0.281 e. The third kappa shape index (κ3) is 3.39. The van der Waals surface area contributed by atoms with Crippen LogP contribution in [-0.4, -0.2) is 25.3 Å². The molecule has 0 saturated heterocycles. The predicted molar refractivity (Wildman–Crippen MR) is 115 cm³/mol. The molecule has 0 radical (unpaired) electrons. The Kier molecular flexibility index (Phi) is 4.64. The molecular weight excluding hydrogens is 386 g/mol. The predicted octanol–water partition coefficient (Wildman–Crippen LogP) is 3.34. The van der Waals surface area contributed by atoms with E-state index in [0.717, 1.165) is 29.7 Å². The first kappa shape index (κ1) is 19.8. The highest BCUT2D eigenvalue weighted by atomic mass is 32.1. The van der Waals surface area contributed by atoms with Gasteiger partial charge < -0.3 is 0 Å². The fourth-order valence-electron chi connectivity index (χ4n) is 4.18. The molecule has 1 atom stereocenters. The van der Waals surface area contributed by atoms with Gasteiger partial charge in [0.2, 0.25) is 0 Å². The van der Waals surface area contributed by atoms with Crippen LogP contribution < -0.4 is 11.0 Å². The van der Waals surface area contributed by atoms with Crippen molar-refractivity contribution in [2.75, 3.05) is 5.43 Å². The van der Waals surface area contributed by atoms with E-state index >= 15 is 0 Å². The van der Waals surface area contributed by atoms with Gasteiger partial charge in [-0.3, -0.25) is 19.7 Å². The van der Waals surface area contributed by atoms with Crippen LogP contribution in [0.15, 0.2) is 11.0 Å². The number of thiophene rings is 1. The normalized spacial score (nSPS) is 16.8. The van der Waals surface area contributed by atoms with Crippen LogP contribution in [-0.2, 0) is 19.9 Å². The van der Waals surface area contributed by atoms with Gasteiger partial charge in [0, 0.05) is 18.1 Å². The first-order chi connectivity index (χ1) is 13.6. The highest BCUT2D eigenvalue weighted by molar-refractivity contribution is 7.18. The summed E-state index contributed by atoms with van der Waals surface area (Å²) in [6.07, 6.45) is 4.58. The zero-order chi connectivity index (χ0) is 21.1. The lowest BCUT2D eigenvalue weighted by Gasteiger charge is -2.33. The first-order valence-corrected chi connectivity index (χ1v) is 10.7. The van der Waals surface area contributed by atoms with E-state index < -0.39 is 0 Å². The summed E-state index contributed by atoms with van der Waals surface area (Å²) in [6, 6.07) is 0. The summed E-state index contributed by atoms with van der Waals surface area (Å²) < 4.78 is 2.86. The summed E-state index contributed by atoms with van der Waals surface area (Å²) >= 11 is 1.63. The molecule has 7 nitrogen and oxygen atoms in total. The number of hydrogen-bond donors (Lipinski definition) is 1. The number of aryl methyl sites for hydroxylation is 4. The molecule has 1 aliphatic rings. The number of nitrogens with zero attached hydrogens (tertiary/aromatic N) is 4. The summed E-state index contributed by atoms with van der Waals surface area (Å²) in [5.41, 5.74) is 4.94. The van der Waals surface area contributed by atoms with Crippen molar-refractivity contribution in [3.63, 3.8) is 0 Å². The minimum Gasteiger partial charge on any atom is -0.275 e. The zero-order valence-electron chi connectivity index (χ0n) is 17.8. The topological polar surface area (TPSA) is 81.8 Å². The smallest absolute Gasteiger partial charge is 0.275 e. The Bertz CT molecular complexity index is 1180. The van der Waals surface area contributed by atoms with Crippen molar-refractivity contribution in [3.05, 3.63) is 44.1 Å². The van der Waals surface area contributed by atoms with Crippen molar-refractivity contribution in [1.82, 2.24) is 19.4 Å². The van der Waals surface area contributed by atoms with Gasteiger partial charge in [0.25, 0.3) is 11.5 Å². The van der Waals surface area contributed by atoms with Crippen molar-refractivity contribution in [3.8, 4) is 0 Å². The summed E-state index contributed by atoms with van der Waals surface area (Å²) in [5, 5.41) is 4.86. The van der Waals surface area contributed by atoms with Crippen LogP contribution >= 0.6 is 11.3 Å². The molecule has 1 aliphatic carbocycles. The van der Waals surface area contributed by atoms with Crippen molar-refractivity contribution in [2.45, 2.75) is 53.9 Å². The number of amides is 1. The fraction of sp³-hybridized carbons (Fsp3) is 0.524. The van der Waals surface area contributed by atoms with Gasteiger partial charge in [-0.1, -0.05) is 20.8 Å². The van der Waals surface area contributed by atoms with Gasteiger partial charge in [-0.05, 0) is 50.0 Å². The van der Waals surface area contributed by atoms with Gasteiger partial charge >= 0.3 is 0 Å². The molecule has 3 aromatic rings. The van der Waals surface area contributed by atoms with Crippen LogP contribution in [0.1, 0.15) is 59.5 Å². The average Bonchev–Trinajstić information content (AvgIpc) is 3.15. The molecule has 1 amide bonds. The molecular formula is C21H27N5O2S. The third-order valence-corrected chi connectivity index (χ3v) is 7.10. The van der Waals surface area contributed by atoms with E-state index in [1.165, 1.54) is 9.55 Å². The molecule has 154 valence electrons. The average molecular weight is 414 g/mol. The Labute approximate surface area is 173 Å². The van der Waals surface area contributed by atoms with Gasteiger partial charge in [-0.15, -0.1) is 11.3 Å². The lowest BCUT2D eigenvalue weighted by atomic mass is 9.72. The highest BCUT2D eigenvalue weighted by Gasteiger charge is 2.32. The van der Waals surface area contributed by atoms with Crippen LogP contribution in [0.2, 0.25) is 0 Å². The standard InChI is InChI=1S/C21H27N5O2S/c1-11-15(10-25(6)23-11)18(27)24-26-12(2)22-19-17(20(26)28)14-8-7-13(21(3,4)5)9-16(14)29-19/h10,13H,7-9H2,1-6H3,(H,24,27). The maximum atomic E-state index is 13.3. The fourth-order valence-corrected chi connectivity index (χ4v) is 5.52. The molecule has 0 spiro atoms. The van der Waals surface area contributed by atoms with Crippen LogP contribution in [0.25, 0.3) is 10.2 Å². The second-order valence-electron chi connectivity index (χ2n) is 9.03. The van der Waals surface area contributed by atoms with Crippen LogP contribution in [0.3, 0.4) is 0 Å². The first-order valence-electron chi connectivity index (χ1n) is 9.91. The molecule has 0 bridgehead atoms. The SMILES string of the molecule is Cc1nn(C)cc1C(=O)Nn1c(C)nc2sc3c(c2c1=O)CCC(C(C)(C)C)C3. The van der Waals surface area contributed by atoms with E-state index in [0.29, 0.717) is 28.4 Å². The minimum atomic E-state index is -0.362. The summed E-state index contributed by atoms with van der Waals surface area (Å²) in [7, 11) is 1.76. The zero-order valence-corrected chi connectivity index (χ0v) is 18.6. The quantitative estimate of drug-likeness (QED) is 0.699. The van der Waals surface area contributed by atoms with E-state index in [9.17, 15) is 9.59 Å². The number of hydrogen-bond acceptors (Lipinski definition) is 5. The number of carbonyl (C=O) groups excluding carboxylic acids is 1. The van der Waals surface area contributed by atoms with Crippen molar-refractivity contribution in [1.29, 1.82) is 0 Å². The minimum absolute atomic E-state index is 0.200. The Morgan fingerprint density at radius 2 is 2.03 bits per heavy atom. The molecule has 0 aromatic carbocycles. The number of aromatic nitrogens is 4. The molecule has 0 fully saturated rings. The summed E-state index contributed by atoms with van der Waals surface area (Å²) in [4.78, 5) is 32.7. The second kappa shape index (κ2) is 6.79. The molecule has 8 heteroatoms. The molecule has 0 saturated carbocycles. The van der Waals surface area contributed by atoms with E-state index in [1.807, 2.05) is 0 Å². The van der Waals surface area contributed by atoms with Crippen molar-refractivity contribution in [2.24, 2.45) is 18.4 Å². The van der Waals surface area contributed by atoms with Crippen LogP contribution in [0.5, 0.6) is 0 Å². The van der Waals surface area contributed by atoms with Gasteiger partial charge in [-0.2, -0.15) is 5.10 Å². The second-order valence-corrected chi connectivity index (χ2v) is 10.1. The van der Waals surface area contributed by atoms with E-state index in [1.54, 1.807) is 43.1 Å². The molecule has 1 N–H and O–H groups in total. The van der Waals surface area contributed by atoms with Gasteiger partial charge in [-0.25, -0.2) is 9.66 Å². The molecule has 1 unspecified atom stereocenters. The van der Waals surface area contributed by atoms with E-state index in [-0.39, 0.29) is 16.9 Å². The maximum Gasteiger partial charge on any atom is 0.281 e. The molecule has 0 aliphatic heterocycles. The van der Waals surface area contributed by atoms with E-state index in [4.69, 9.17) is 0 Å². The summed E-state index contributed by atoms with van der Waals surface area (Å²) in [5.74, 6) is 0.710. The van der Waals surface area contributed by atoms with Gasteiger partial charge in [0.15, 0.2) is 0 Å². The highest BCUT2D eigenvalue weighted by Crippen LogP contribution is 2.42. The summed E-state index contributed by atoms with van der Waals surface area (Å²) in [6.45, 7) is 10.4. The number of nitrogens with one attached hydrogen (secondary N) is 1. The molecule has 29 heavy (non-hydrogen) atoms. The molecule has 3 aromatic heterocycles. The van der Waals surface area contributed by atoms with Crippen LogP contribution in [0.4, 0.5) is 0 Å². The third-order valence-electron chi connectivity index (χ3n) is 5.95. The molecule has 3 heterocycles. The monoisotopic (exact) mass is 413 g/mol. The Balaban J connectivity index is 1.75. The Morgan fingerprint density at radius 1 is 1.31 bits per heavy atom. The Morgan fingerprint density at radius 3 is 2.66 bits per heavy atom. The Hall–Kier alpha value is -2.48.